The number of imidazole rings is 1. The van der Waals surface area contributed by atoms with E-state index in [-0.39, 0.29) is 5.91 Å². The Morgan fingerprint density at radius 2 is 2.24 bits per heavy atom. The number of para-hydroxylation sites is 1. The molecule has 0 aliphatic carbocycles. The Morgan fingerprint density at radius 3 is 2.95 bits per heavy atom. The molecule has 1 aromatic carbocycles. The summed E-state index contributed by atoms with van der Waals surface area (Å²) in [6, 6.07) is 7.68. The first kappa shape index (κ1) is 15.1. The smallest absolute Gasteiger partial charge is 0.260 e. The zero-order valence-corrected chi connectivity index (χ0v) is 12.5. The van der Waals surface area contributed by atoms with Gasteiger partial charge in [-0.3, -0.25) is 4.79 Å². The lowest BCUT2D eigenvalue weighted by molar-refractivity contribution is -0.127. The van der Waals surface area contributed by atoms with Gasteiger partial charge < -0.3 is 14.6 Å². The molecule has 0 saturated heterocycles. The molecule has 0 saturated carbocycles. The van der Waals surface area contributed by atoms with Crippen LogP contribution in [0.4, 0.5) is 0 Å². The van der Waals surface area contributed by atoms with E-state index in [9.17, 15) is 4.79 Å². The van der Waals surface area contributed by atoms with Gasteiger partial charge in [-0.2, -0.15) is 0 Å². The highest BCUT2D eigenvalue weighted by Crippen LogP contribution is 2.17. The molecule has 21 heavy (non-hydrogen) atoms. The van der Waals surface area contributed by atoms with Gasteiger partial charge in [0.25, 0.3) is 5.91 Å². The van der Waals surface area contributed by atoms with Crippen LogP contribution in [0.25, 0.3) is 0 Å². The van der Waals surface area contributed by atoms with Crippen molar-refractivity contribution in [3.8, 4) is 5.75 Å². The maximum Gasteiger partial charge on any atom is 0.260 e. The van der Waals surface area contributed by atoms with Crippen molar-refractivity contribution >= 4 is 5.91 Å². The van der Waals surface area contributed by atoms with Crippen LogP contribution in [-0.4, -0.2) is 28.1 Å². The van der Waals surface area contributed by atoms with E-state index in [4.69, 9.17) is 4.74 Å². The third-order valence-electron chi connectivity index (χ3n) is 3.22. The van der Waals surface area contributed by atoms with Gasteiger partial charge in [-0.1, -0.05) is 18.2 Å². The highest BCUT2D eigenvalue weighted by molar-refractivity contribution is 5.80. The molecule has 5 heteroatoms. The lowest BCUT2D eigenvalue weighted by Gasteiger charge is -2.16. The van der Waals surface area contributed by atoms with Crippen molar-refractivity contribution in [1.82, 2.24) is 14.9 Å². The highest BCUT2D eigenvalue weighted by atomic mass is 16.5. The zero-order valence-electron chi connectivity index (χ0n) is 12.5. The molecular formula is C16H21N3O2. The van der Waals surface area contributed by atoms with Crippen molar-refractivity contribution in [1.29, 1.82) is 0 Å². The van der Waals surface area contributed by atoms with Gasteiger partial charge in [-0.25, -0.2) is 4.98 Å². The van der Waals surface area contributed by atoms with E-state index in [1.54, 1.807) is 19.4 Å². The van der Waals surface area contributed by atoms with Crippen LogP contribution in [-0.2, 0) is 11.3 Å². The summed E-state index contributed by atoms with van der Waals surface area (Å²) in [5.74, 6) is 0.655. The number of aromatic nitrogens is 2. The number of hydrogen-bond donors (Lipinski definition) is 1. The Morgan fingerprint density at radius 1 is 1.43 bits per heavy atom. The number of benzene rings is 1. The number of hydrogen-bond acceptors (Lipinski definition) is 3. The number of nitrogens with zero attached hydrogens (tertiary/aromatic N) is 2. The van der Waals surface area contributed by atoms with E-state index in [0.717, 1.165) is 24.3 Å². The normalized spacial score (nSPS) is 11.9. The lowest BCUT2D eigenvalue weighted by atomic mass is 10.2. The first-order valence-corrected chi connectivity index (χ1v) is 7.12. The molecule has 112 valence electrons. The molecule has 5 nitrogen and oxygen atoms in total. The molecule has 2 rings (SSSR count). The minimum absolute atomic E-state index is 0.0936. The Labute approximate surface area is 125 Å². The molecule has 1 N–H and O–H groups in total. The standard InChI is InChI=1S/C16H21N3O2/c1-13-6-3-4-7-15(13)21-14(2)16(20)18-8-5-10-19-11-9-17-12-19/h3-4,6-7,9,11-12,14H,5,8,10H2,1-2H3,(H,18,20). The van der Waals surface area contributed by atoms with Gasteiger partial charge in [0, 0.05) is 25.5 Å². The third-order valence-corrected chi connectivity index (χ3v) is 3.22. The number of amides is 1. The predicted molar refractivity (Wildman–Crippen MR) is 81.1 cm³/mol. The van der Waals surface area contributed by atoms with Crippen molar-refractivity contribution < 1.29 is 9.53 Å². The largest absolute Gasteiger partial charge is 0.481 e. The Bertz CT molecular complexity index is 567. The van der Waals surface area contributed by atoms with Crippen LogP contribution in [0.5, 0.6) is 5.75 Å². The fraction of sp³-hybridized carbons (Fsp3) is 0.375. The Hall–Kier alpha value is -2.30. The molecule has 1 heterocycles. The van der Waals surface area contributed by atoms with Crippen molar-refractivity contribution in [3.05, 3.63) is 48.5 Å². The summed E-state index contributed by atoms with van der Waals surface area (Å²) in [6.45, 7) is 5.19. The van der Waals surface area contributed by atoms with Crippen molar-refractivity contribution in [2.75, 3.05) is 6.54 Å². The molecule has 1 atom stereocenters. The van der Waals surface area contributed by atoms with E-state index in [1.807, 2.05) is 42.0 Å². The summed E-state index contributed by atoms with van der Waals surface area (Å²) in [4.78, 5) is 15.9. The van der Waals surface area contributed by atoms with E-state index >= 15 is 0 Å². The zero-order chi connectivity index (χ0) is 15.1. The average molecular weight is 287 g/mol. The van der Waals surface area contributed by atoms with Crippen LogP contribution in [0.1, 0.15) is 18.9 Å². The Kier molecular flexibility index (Phi) is 5.37. The summed E-state index contributed by atoms with van der Waals surface area (Å²) in [5.41, 5.74) is 1.03. The van der Waals surface area contributed by atoms with Gasteiger partial charge in [-0.15, -0.1) is 0 Å². The Balaban J connectivity index is 1.71. The number of ether oxygens (including phenoxy) is 1. The van der Waals surface area contributed by atoms with Crippen LogP contribution in [0.15, 0.2) is 43.0 Å². The maximum absolute atomic E-state index is 12.0. The molecule has 0 radical (unpaired) electrons. The molecular weight excluding hydrogens is 266 g/mol. The molecule has 0 bridgehead atoms. The summed E-state index contributed by atoms with van der Waals surface area (Å²) in [5, 5.41) is 2.89. The second kappa shape index (κ2) is 7.47. The van der Waals surface area contributed by atoms with Crippen LogP contribution in [0, 0.1) is 6.92 Å². The molecule has 0 spiro atoms. The van der Waals surface area contributed by atoms with Gasteiger partial charge in [0.2, 0.25) is 0 Å². The lowest BCUT2D eigenvalue weighted by Crippen LogP contribution is -2.37. The van der Waals surface area contributed by atoms with Crippen LogP contribution in [0.3, 0.4) is 0 Å². The van der Waals surface area contributed by atoms with Gasteiger partial charge in [0.1, 0.15) is 5.75 Å². The van der Waals surface area contributed by atoms with Crippen molar-refractivity contribution in [2.45, 2.75) is 32.9 Å². The van der Waals surface area contributed by atoms with Gasteiger partial charge in [-0.05, 0) is 31.9 Å². The summed E-state index contributed by atoms with van der Waals surface area (Å²) < 4.78 is 7.67. The van der Waals surface area contributed by atoms with E-state index < -0.39 is 6.10 Å². The monoisotopic (exact) mass is 287 g/mol. The van der Waals surface area contributed by atoms with Crippen LogP contribution < -0.4 is 10.1 Å². The molecule has 0 aliphatic heterocycles. The summed E-state index contributed by atoms with van der Waals surface area (Å²) in [6.07, 6.45) is 5.78. The second-order valence-corrected chi connectivity index (χ2v) is 4.97. The van der Waals surface area contributed by atoms with Crippen molar-refractivity contribution in [2.24, 2.45) is 0 Å². The number of carbonyl (C=O) groups is 1. The second-order valence-electron chi connectivity index (χ2n) is 4.97. The summed E-state index contributed by atoms with van der Waals surface area (Å²) in [7, 11) is 0. The predicted octanol–water partition coefficient (Wildman–Crippen LogP) is 2.17. The molecule has 2 aromatic rings. The molecule has 1 amide bonds. The molecule has 1 aromatic heterocycles. The topological polar surface area (TPSA) is 56.1 Å². The van der Waals surface area contributed by atoms with Gasteiger partial charge >= 0.3 is 0 Å². The van der Waals surface area contributed by atoms with Crippen molar-refractivity contribution in [3.63, 3.8) is 0 Å². The van der Waals surface area contributed by atoms with Gasteiger partial charge in [0.15, 0.2) is 6.10 Å². The molecule has 0 fully saturated rings. The number of rotatable bonds is 7. The fourth-order valence-corrected chi connectivity index (χ4v) is 1.97. The number of aryl methyl sites for hydroxylation is 2. The first-order chi connectivity index (χ1) is 10.2. The third kappa shape index (κ3) is 4.63. The van der Waals surface area contributed by atoms with Gasteiger partial charge in [0.05, 0.1) is 6.33 Å². The molecule has 1 unspecified atom stereocenters. The molecule has 0 aliphatic rings. The number of carbonyl (C=O) groups excluding carboxylic acids is 1. The minimum atomic E-state index is -0.501. The quantitative estimate of drug-likeness (QED) is 0.794. The van der Waals surface area contributed by atoms with E-state index in [1.165, 1.54) is 0 Å². The minimum Gasteiger partial charge on any atom is -0.481 e. The fourth-order valence-electron chi connectivity index (χ4n) is 1.97. The number of nitrogens with one attached hydrogen (secondary N) is 1. The van der Waals surface area contributed by atoms with E-state index in [0.29, 0.717) is 6.54 Å². The van der Waals surface area contributed by atoms with Crippen LogP contribution >= 0.6 is 0 Å². The van der Waals surface area contributed by atoms with Crippen LogP contribution in [0.2, 0.25) is 0 Å². The van der Waals surface area contributed by atoms with E-state index in [2.05, 4.69) is 10.3 Å². The summed E-state index contributed by atoms with van der Waals surface area (Å²) >= 11 is 0. The first-order valence-electron chi connectivity index (χ1n) is 7.12. The highest BCUT2D eigenvalue weighted by Gasteiger charge is 2.14. The average Bonchev–Trinajstić information content (AvgIpc) is 2.99. The maximum atomic E-state index is 12.0. The SMILES string of the molecule is Cc1ccccc1OC(C)C(=O)NCCCn1ccnc1.